The van der Waals surface area contributed by atoms with Crippen LogP contribution < -0.4 is 5.32 Å². The van der Waals surface area contributed by atoms with Crippen LogP contribution in [0, 0.1) is 12.8 Å². The van der Waals surface area contributed by atoms with Gasteiger partial charge in [-0.1, -0.05) is 5.16 Å². The number of amides is 2. The molecule has 1 fully saturated rings. The van der Waals surface area contributed by atoms with E-state index >= 15 is 0 Å². The van der Waals surface area contributed by atoms with E-state index in [4.69, 9.17) is 4.52 Å². The smallest absolute Gasteiger partial charge is 0.232 e. The van der Waals surface area contributed by atoms with Crippen LogP contribution in [0.2, 0.25) is 0 Å². The van der Waals surface area contributed by atoms with Crippen LogP contribution in [0.15, 0.2) is 10.6 Å². The number of thioether (sulfide) groups is 1. The molecule has 1 aromatic heterocycles. The lowest BCUT2D eigenvalue weighted by molar-refractivity contribution is -0.132. The van der Waals surface area contributed by atoms with Gasteiger partial charge in [0, 0.05) is 25.1 Å². The first kappa shape index (κ1) is 14.9. The zero-order chi connectivity index (χ0) is 14.5. The Hall–Kier alpha value is -1.50. The first-order valence-corrected chi connectivity index (χ1v) is 8.00. The summed E-state index contributed by atoms with van der Waals surface area (Å²) in [6.07, 6.45) is 3.31. The summed E-state index contributed by atoms with van der Waals surface area (Å²) < 4.78 is 4.91. The fourth-order valence-electron chi connectivity index (χ4n) is 2.26. The highest BCUT2D eigenvalue weighted by atomic mass is 32.2. The number of likely N-dealkylation sites (tertiary alicyclic amines) is 1. The highest BCUT2D eigenvalue weighted by Crippen LogP contribution is 2.20. The van der Waals surface area contributed by atoms with Gasteiger partial charge in [0.1, 0.15) is 5.76 Å². The Kier molecular flexibility index (Phi) is 5.05. The van der Waals surface area contributed by atoms with Gasteiger partial charge in [0.05, 0.1) is 5.75 Å². The van der Waals surface area contributed by atoms with Crippen LogP contribution >= 0.6 is 11.8 Å². The topological polar surface area (TPSA) is 75.4 Å². The lowest BCUT2D eigenvalue weighted by atomic mass is 9.96. The average molecular weight is 297 g/mol. The lowest BCUT2D eigenvalue weighted by Crippen LogP contribution is -2.42. The number of aromatic nitrogens is 1. The van der Waals surface area contributed by atoms with Crippen LogP contribution in [0.3, 0.4) is 0 Å². The molecule has 0 unspecified atom stereocenters. The molecule has 0 aromatic carbocycles. The minimum absolute atomic E-state index is 0.0461. The van der Waals surface area contributed by atoms with Gasteiger partial charge in [-0.25, -0.2) is 0 Å². The average Bonchev–Trinajstić information content (AvgIpc) is 2.84. The van der Waals surface area contributed by atoms with Gasteiger partial charge in [0.25, 0.3) is 0 Å². The molecule has 0 spiro atoms. The van der Waals surface area contributed by atoms with Crippen molar-refractivity contribution in [2.24, 2.45) is 5.92 Å². The van der Waals surface area contributed by atoms with E-state index in [9.17, 15) is 9.59 Å². The van der Waals surface area contributed by atoms with Gasteiger partial charge in [-0.15, -0.1) is 0 Å². The Morgan fingerprint density at radius 1 is 1.50 bits per heavy atom. The maximum absolute atomic E-state index is 12.1. The molecule has 0 bridgehead atoms. The maximum Gasteiger partial charge on any atom is 0.232 e. The van der Waals surface area contributed by atoms with E-state index in [2.05, 4.69) is 10.5 Å². The van der Waals surface area contributed by atoms with Crippen LogP contribution in [0.5, 0.6) is 0 Å². The van der Waals surface area contributed by atoms with Gasteiger partial charge in [-0.05, 0) is 26.0 Å². The summed E-state index contributed by atoms with van der Waals surface area (Å²) in [5.74, 6) is 1.67. The van der Waals surface area contributed by atoms with Crippen LogP contribution in [0.4, 0.5) is 5.82 Å². The second-order valence-electron chi connectivity index (χ2n) is 4.90. The number of anilines is 1. The van der Waals surface area contributed by atoms with Crippen molar-refractivity contribution in [1.29, 1.82) is 0 Å². The van der Waals surface area contributed by atoms with E-state index in [1.807, 2.05) is 11.2 Å². The predicted octanol–water partition coefficient (Wildman–Crippen LogP) is 1.52. The second kappa shape index (κ2) is 6.78. The van der Waals surface area contributed by atoms with Crippen LogP contribution in [-0.2, 0) is 9.59 Å². The molecule has 1 N–H and O–H groups in total. The summed E-state index contributed by atoms with van der Waals surface area (Å²) in [6.45, 7) is 3.07. The Labute approximate surface area is 122 Å². The number of carbonyl (C=O) groups excluding carboxylic acids is 2. The third-order valence-corrected chi connectivity index (χ3v) is 3.90. The van der Waals surface area contributed by atoms with E-state index in [0.29, 0.717) is 43.3 Å². The number of rotatable bonds is 4. The summed E-state index contributed by atoms with van der Waals surface area (Å²) in [5.41, 5.74) is 0. The van der Waals surface area contributed by atoms with Gasteiger partial charge in [0.15, 0.2) is 5.82 Å². The monoisotopic (exact) mass is 297 g/mol. The molecular formula is C13H19N3O3S. The van der Waals surface area contributed by atoms with Gasteiger partial charge < -0.3 is 14.7 Å². The van der Waals surface area contributed by atoms with Gasteiger partial charge >= 0.3 is 0 Å². The number of hydrogen-bond donors (Lipinski definition) is 1. The van der Waals surface area contributed by atoms with Gasteiger partial charge in [-0.2, -0.15) is 11.8 Å². The van der Waals surface area contributed by atoms with Gasteiger partial charge in [0.2, 0.25) is 11.8 Å². The first-order chi connectivity index (χ1) is 9.60. The molecular weight excluding hydrogens is 278 g/mol. The molecule has 110 valence electrons. The summed E-state index contributed by atoms with van der Waals surface area (Å²) in [7, 11) is 0. The van der Waals surface area contributed by atoms with Crippen molar-refractivity contribution in [1.82, 2.24) is 10.1 Å². The van der Waals surface area contributed by atoms with Crippen molar-refractivity contribution in [2.75, 3.05) is 30.4 Å². The Balaban J connectivity index is 1.81. The fraction of sp³-hybridized carbons (Fsp3) is 0.615. The van der Waals surface area contributed by atoms with Crippen molar-refractivity contribution in [3.05, 3.63) is 11.8 Å². The summed E-state index contributed by atoms with van der Waals surface area (Å²) >= 11 is 1.53. The molecule has 0 radical (unpaired) electrons. The highest BCUT2D eigenvalue weighted by Gasteiger charge is 2.27. The Bertz CT molecular complexity index is 481. The number of nitrogens with one attached hydrogen (secondary N) is 1. The molecule has 1 saturated heterocycles. The molecule has 2 rings (SSSR count). The zero-order valence-corrected chi connectivity index (χ0v) is 12.5. The van der Waals surface area contributed by atoms with E-state index < -0.39 is 0 Å². The lowest BCUT2D eigenvalue weighted by Gasteiger charge is -2.31. The van der Waals surface area contributed by atoms with Crippen LogP contribution in [0.25, 0.3) is 0 Å². The summed E-state index contributed by atoms with van der Waals surface area (Å²) in [4.78, 5) is 25.7. The normalized spacial score (nSPS) is 16.2. The Morgan fingerprint density at radius 3 is 2.75 bits per heavy atom. The number of carbonyl (C=O) groups is 2. The highest BCUT2D eigenvalue weighted by molar-refractivity contribution is 7.99. The molecule has 20 heavy (non-hydrogen) atoms. The molecule has 0 saturated carbocycles. The molecule has 1 aromatic rings. The van der Waals surface area contributed by atoms with Crippen molar-refractivity contribution in [2.45, 2.75) is 19.8 Å². The fourth-order valence-corrected chi connectivity index (χ4v) is 2.69. The molecule has 6 nitrogen and oxygen atoms in total. The summed E-state index contributed by atoms with van der Waals surface area (Å²) in [5, 5.41) is 6.49. The van der Waals surface area contributed by atoms with E-state index in [-0.39, 0.29) is 17.7 Å². The molecule has 2 heterocycles. The summed E-state index contributed by atoms with van der Waals surface area (Å²) in [6, 6.07) is 1.69. The van der Waals surface area contributed by atoms with E-state index in [1.54, 1.807) is 13.0 Å². The molecule has 0 atom stereocenters. The van der Waals surface area contributed by atoms with E-state index in [1.165, 1.54) is 11.8 Å². The number of aryl methyl sites for hydroxylation is 1. The van der Waals surface area contributed by atoms with E-state index in [0.717, 1.165) is 0 Å². The predicted molar refractivity (Wildman–Crippen MR) is 77.6 cm³/mol. The molecule has 7 heteroatoms. The minimum atomic E-state index is -0.0645. The largest absolute Gasteiger partial charge is 0.360 e. The number of hydrogen-bond acceptors (Lipinski definition) is 5. The quantitative estimate of drug-likeness (QED) is 0.912. The molecule has 1 aliphatic rings. The van der Waals surface area contributed by atoms with Crippen molar-refractivity contribution in [3.63, 3.8) is 0 Å². The Morgan fingerprint density at radius 2 is 2.20 bits per heavy atom. The molecule has 0 aliphatic carbocycles. The maximum atomic E-state index is 12.1. The minimum Gasteiger partial charge on any atom is -0.360 e. The standard InChI is InChI=1S/C13H19N3O3S/c1-9-7-11(15-19-9)14-13(18)10-3-5-16(6-4-10)12(17)8-20-2/h7,10H,3-6,8H2,1-2H3,(H,14,15,18). The van der Waals surface area contributed by atoms with Crippen molar-refractivity contribution < 1.29 is 14.1 Å². The third kappa shape index (κ3) is 3.75. The number of nitrogens with zero attached hydrogens (tertiary/aromatic N) is 2. The molecule has 2 amide bonds. The van der Waals surface area contributed by atoms with Crippen LogP contribution in [0.1, 0.15) is 18.6 Å². The number of piperidine rings is 1. The second-order valence-corrected chi connectivity index (χ2v) is 5.77. The van der Waals surface area contributed by atoms with Crippen molar-refractivity contribution >= 4 is 29.4 Å². The third-order valence-electron chi connectivity index (χ3n) is 3.37. The first-order valence-electron chi connectivity index (χ1n) is 6.61. The van der Waals surface area contributed by atoms with Gasteiger partial charge in [-0.3, -0.25) is 9.59 Å². The molecule has 1 aliphatic heterocycles. The van der Waals surface area contributed by atoms with Crippen molar-refractivity contribution in [3.8, 4) is 0 Å². The SMILES string of the molecule is CSCC(=O)N1CCC(C(=O)Nc2cc(C)on2)CC1. The van der Waals surface area contributed by atoms with Crippen LogP contribution in [-0.4, -0.2) is 47.0 Å². The zero-order valence-electron chi connectivity index (χ0n) is 11.7.